The molecule has 2 fully saturated rings. The van der Waals surface area contributed by atoms with Crippen LogP contribution in [-0.4, -0.2) is 141 Å². The number of Topliss-reactive ketones (excluding diaryl/α,β-unsaturated/α-hetero) is 4. The third-order valence-electron chi connectivity index (χ3n) is 19.9. The van der Waals surface area contributed by atoms with Gasteiger partial charge in [-0.2, -0.15) is 15.5 Å². The molecule has 7 aliphatic rings. The Morgan fingerprint density at radius 3 is 2.32 bits per heavy atom. The minimum atomic E-state index is -0.311. The van der Waals surface area contributed by atoms with Gasteiger partial charge < -0.3 is 35.4 Å². The number of hydrogen-bond acceptors (Lipinski definition) is 22. The number of benzene rings is 3. The van der Waals surface area contributed by atoms with Gasteiger partial charge in [-0.15, -0.1) is 21.5 Å². The lowest BCUT2D eigenvalue weighted by molar-refractivity contribution is -0.125. The highest BCUT2D eigenvalue weighted by molar-refractivity contribution is 7.11. The summed E-state index contributed by atoms with van der Waals surface area (Å²) < 4.78 is 11.3. The van der Waals surface area contributed by atoms with Gasteiger partial charge in [0.1, 0.15) is 51.9 Å². The summed E-state index contributed by atoms with van der Waals surface area (Å²) >= 11 is 1.59. The number of para-hydroxylation sites is 1. The molecule has 0 saturated carbocycles. The zero-order valence-corrected chi connectivity index (χ0v) is 61.6. The number of amides is 2. The zero-order chi connectivity index (χ0) is 74.6. The van der Waals surface area contributed by atoms with Crippen molar-refractivity contribution in [2.24, 2.45) is 5.92 Å². The number of ketones is 4. The number of aromatic nitrogens is 11. The van der Waals surface area contributed by atoms with Gasteiger partial charge in [-0.05, 0) is 194 Å². The second kappa shape index (κ2) is 36.7. The summed E-state index contributed by atoms with van der Waals surface area (Å²) in [7, 11) is 0. The molecule has 26 heteroatoms. The molecule has 3 atom stereocenters. The first kappa shape index (κ1) is 76.3. The summed E-state index contributed by atoms with van der Waals surface area (Å²) in [5.41, 5.74) is 15.6. The lowest BCUT2D eigenvalue weighted by Gasteiger charge is -2.32. The van der Waals surface area contributed by atoms with Crippen LogP contribution in [0, 0.1) is 38.0 Å². The summed E-state index contributed by atoms with van der Waals surface area (Å²) in [6.07, 6.45) is 23.5. The van der Waals surface area contributed by atoms with Gasteiger partial charge in [0.2, 0.25) is 5.91 Å². The third-order valence-corrected chi connectivity index (χ3v) is 20.8. The quantitative estimate of drug-likeness (QED) is 0.0386. The van der Waals surface area contributed by atoms with Crippen LogP contribution in [0.5, 0.6) is 11.5 Å². The molecule has 25 nitrogen and oxygen atoms in total. The smallest absolute Gasteiger partial charge is 0.275 e. The number of fused-ring (bicyclic) bond motifs is 3. The van der Waals surface area contributed by atoms with Gasteiger partial charge in [0.05, 0.1) is 55.2 Å². The summed E-state index contributed by atoms with van der Waals surface area (Å²) in [5, 5.41) is 51.2. The zero-order valence-electron chi connectivity index (χ0n) is 60.8. The lowest BCUT2D eigenvalue weighted by atomic mass is 9.84. The first-order valence-corrected chi connectivity index (χ1v) is 37.1. The van der Waals surface area contributed by atoms with Crippen molar-refractivity contribution < 1.29 is 43.3 Å². The number of aromatic amines is 2. The summed E-state index contributed by atoms with van der Waals surface area (Å²) in [6.45, 7) is 15.6. The minimum absolute atomic E-state index is 0.0273. The number of carbonyl (C=O) groups excluding carboxylic acids is 6. The molecule has 3 aliphatic carbocycles. The van der Waals surface area contributed by atoms with Crippen molar-refractivity contribution in [2.45, 2.75) is 169 Å². The van der Waals surface area contributed by atoms with Crippen LogP contribution in [0.15, 0.2) is 144 Å². The number of aryl methyl sites for hydroxylation is 6. The number of aliphatic hydroxyl groups is 1. The summed E-state index contributed by atoms with van der Waals surface area (Å²) in [5.74, 6) is 2.92. The molecule has 4 aliphatic heterocycles. The average molecular weight is 1450 g/mol. The van der Waals surface area contributed by atoms with E-state index in [0.717, 1.165) is 186 Å². The third kappa shape index (κ3) is 19.9. The Kier molecular flexibility index (Phi) is 26.4. The van der Waals surface area contributed by atoms with Crippen LogP contribution in [0.1, 0.15) is 180 Å². The molecule has 550 valence electrons. The number of H-pyrrole nitrogens is 2. The van der Waals surface area contributed by atoms with Crippen molar-refractivity contribution in [2.75, 3.05) is 43.1 Å². The van der Waals surface area contributed by atoms with E-state index in [-0.39, 0.29) is 66.0 Å². The van der Waals surface area contributed by atoms with Crippen molar-refractivity contribution >= 4 is 63.4 Å². The summed E-state index contributed by atoms with van der Waals surface area (Å²) in [4.78, 5) is 96.4. The predicted molar refractivity (Wildman–Crippen MR) is 401 cm³/mol. The number of ether oxygens (including phenoxy) is 2. The van der Waals surface area contributed by atoms with E-state index in [0.29, 0.717) is 60.2 Å². The number of allylic oxidation sites excluding steroid dienone is 7. The second-order valence-electron chi connectivity index (χ2n) is 27.4. The van der Waals surface area contributed by atoms with Crippen LogP contribution in [0.4, 0.5) is 11.5 Å². The van der Waals surface area contributed by atoms with Crippen LogP contribution in [0.3, 0.4) is 0 Å². The summed E-state index contributed by atoms with van der Waals surface area (Å²) in [6, 6.07) is 23.3. The number of piperidine rings is 1. The van der Waals surface area contributed by atoms with E-state index in [4.69, 9.17) is 14.7 Å². The molecule has 8 aromatic rings. The molecular formula is C80H90N16O9S. The molecular weight excluding hydrogens is 1360 g/mol. The maximum Gasteiger partial charge on any atom is 0.275 e. The van der Waals surface area contributed by atoms with Gasteiger partial charge in [0.15, 0.2) is 28.8 Å². The number of aliphatic hydroxyl groups excluding tert-OH is 1. The number of nitrogens with zero attached hydrogens (tertiary/aromatic N) is 11. The topological polar surface area (TPSA) is 352 Å². The maximum absolute atomic E-state index is 12.8. The van der Waals surface area contributed by atoms with E-state index in [9.17, 15) is 33.9 Å². The average Bonchev–Trinajstić information content (AvgIpc) is 1.08. The number of nitriles is 1. The second-order valence-corrected chi connectivity index (χ2v) is 28.7. The van der Waals surface area contributed by atoms with Gasteiger partial charge in [-0.25, -0.2) is 19.9 Å². The van der Waals surface area contributed by atoms with E-state index in [2.05, 4.69) is 95.4 Å². The number of carbonyl (C=O) groups is 6. The van der Waals surface area contributed by atoms with E-state index < -0.39 is 0 Å². The van der Waals surface area contributed by atoms with Crippen molar-refractivity contribution in [1.82, 2.24) is 66.1 Å². The molecule has 2 saturated heterocycles. The highest BCUT2D eigenvalue weighted by Crippen LogP contribution is 2.38. The largest absolute Gasteiger partial charge is 0.490 e. The van der Waals surface area contributed by atoms with Crippen molar-refractivity contribution in [3.05, 3.63) is 210 Å². The van der Waals surface area contributed by atoms with Gasteiger partial charge in [-0.1, -0.05) is 48.0 Å². The highest BCUT2D eigenvalue weighted by Gasteiger charge is 2.34. The standard InChI is InChI=1S/C19H28N4O2.C19H19NO2.C14H13N5O.C14H15N3O3.C14H15N3OS/c24-14-7-10-23(11-8-14)19-15-5-3-13(4-6-16(15)21-12-22-19)18(25)17-2-1-9-20-17;1-13-6-2-3-7-14(13)10-11-18(21)16-12-19(22)20-17-9-5-4-8-15(16)17;1-9-6-10(11-2-3-17-19-11)7-12(9)18-14(20)13-8-15-4-5-16-13;1-9-5-10(11(18)7-13-15-8-16-17-13)6-12-14(9)20-4-2-3-19-12;1-8-6-13(18)12(7-15)9(2)11(8)4-5-14-17-16-10(3)19-14/h12-14,17,20,24H,1-11H2;2-9,16H,10-12H2,1H3,(H,20,22);2-5,7-8H,6H2,1H3,(H,17,19)(H,18,20);5-6,8H,2-4,7H2,1H3,(H,15,16,17);4-6H2,1-3H3. The molecule has 6 N–H and O–H groups in total. The predicted octanol–water partition coefficient (Wildman–Crippen LogP) is 11.2. The number of anilines is 2. The van der Waals surface area contributed by atoms with E-state index in [1.807, 2.05) is 95.3 Å². The van der Waals surface area contributed by atoms with Crippen LogP contribution in [-0.2, 0) is 51.3 Å². The first-order valence-electron chi connectivity index (χ1n) is 36.2. The molecule has 15 rings (SSSR count). The first-order chi connectivity index (χ1) is 51.4. The van der Waals surface area contributed by atoms with E-state index in [1.54, 1.807) is 29.9 Å². The van der Waals surface area contributed by atoms with Gasteiger partial charge in [-0.3, -0.25) is 43.9 Å². The molecule has 5 aromatic heterocycles. The Balaban J connectivity index is 0.000000133. The van der Waals surface area contributed by atoms with Crippen molar-refractivity contribution in [3.63, 3.8) is 0 Å². The Morgan fingerprint density at radius 2 is 1.58 bits per heavy atom. The molecule has 3 aromatic carbocycles. The van der Waals surface area contributed by atoms with Crippen LogP contribution in [0.25, 0.3) is 5.57 Å². The molecule has 2 amide bonds. The van der Waals surface area contributed by atoms with Gasteiger partial charge >= 0.3 is 0 Å². The maximum atomic E-state index is 12.8. The Morgan fingerprint density at radius 1 is 0.783 bits per heavy atom. The van der Waals surface area contributed by atoms with Crippen molar-refractivity contribution in [1.29, 1.82) is 5.26 Å². The monoisotopic (exact) mass is 1450 g/mol. The van der Waals surface area contributed by atoms with E-state index in [1.165, 1.54) is 41.6 Å². The molecule has 106 heavy (non-hydrogen) atoms. The fourth-order valence-corrected chi connectivity index (χ4v) is 14.9. The molecule has 0 bridgehead atoms. The molecule has 3 unspecified atom stereocenters. The van der Waals surface area contributed by atoms with Crippen LogP contribution >= 0.6 is 11.3 Å². The molecule has 0 spiro atoms. The Labute approximate surface area is 620 Å². The fourth-order valence-electron chi connectivity index (χ4n) is 14.1. The number of nitrogens with one attached hydrogen (secondary N) is 5. The lowest BCUT2D eigenvalue weighted by Crippen LogP contribution is -2.37. The Hall–Kier alpha value is -10.9. The normalized spacial score (nSPS) is 18.2. The van der Waals surface area contributed by atoms with E-state index >= 15 is 0 Å². The highest BCUT2D eigenvalue weighted by atomic mass is 32.1. The number of hydrogen-bond donors (Lipinski definition) is 6. The molecule has 0 radical (unpaired) electrons. The van der Waals surface area contributed by atoms with Gasteiger partial charge in [0, 0.05) is 97.9 Å². The SMILES string of the molecule is CC1=C(CCc2nnc(C)s2)C(C)=C(C#N)C(=O)C1.CC1=C(NC(=O)c2cnccn2)C=C(c2ccn[nH]2)C1.Cc1cc(C(=O)Cc2ncn[nH]2)cc2c1OCCCO2.Cc1ccccc1CCC(=O)C1CC(=O)Nc2ccccc21.O=C(C1CCc2ncnc(N3CCC(O)CC3)c2CC1)C1CCCN1. The van der Waals surface area contributed by atoms with Crippen LogP contribution in [0.2, 0.25) is 0 Å². The fraction of sp³-hybridized carbons (Fsp3) is 0.400. The van der Waals surface area contributed by atoms with Crippen molar-refractivity contribution in [3.8, 4) is 17.6 Å². The van der Waals surface area contributed by atoms with Crippen LogP contribution < -0.4 is 30.3 Å². The Bertz CT molecular complexity index is 4640. The van der Waals surface area contributed by atoms with Gasteiger partial charge in [0.25, 0.3) is 5.91 Å². The molecule has 9 heterocycles. The minimum Gasteiger partial charge on any atom is -0.490 e. The number of rotatable bonds is 16.